The van der Waals surface area contributed by atoms with Gasteiger partial charge in [-0.15, -0.1) is 11.3 Å². The van der Waals surface area contributed by atoms with E-state index in [-0.39, 0.29) is 59.5 Å². The number of rotatable bonds is 14. The first-order valence-corrected chi connectivity index (χ1v) is 32.9. The molecule has 3 unspecified atom stereocenters. The van der Waals surface area contributed by atoms with Gasteiger partial charge in [-0.3, -0.25) is 9.59 Å². The summed E-state index contributed by atoms with van der Waals surface area (Å²) in [5.41, 5.74) is 10.4. The molecule has 3 aliphatic heterocycles. The van der Waals surface area contributed by atoms with Crippen molar-refractivity contribution in [3.63, 3.8) is 0 Å². The SMILES string of the molecule is COC(=O)C1COCCN1.COC(=O)C1COCCN1c1nc(-c2ccc(-c3ccc(F)cc3)cc2)c(Br)s1.COC(=O)C1COCCN1c1nc(-c2ccc(-c3ccc(F)cc3)cc2)cs1.N#CSCC(=O)c1ccc(-c2ccc(F)cc2)cc1.OB(O)c1ccccc1. The van der Waals surface area contributed by atoms with E-state index in [1.807, 2.05) is 87.3 Å². The second-order valence-corrected chi connectivity index (χ2v) is 24.6. The van der Waals surface area contributed by atoms with Crippen LogP contribution in [0.3, 0.4) is 0 Å². The maximum Gasteiger partial charge on any atom is 0.488 e. The van der Waals surface area contributed by atoms with Gasteiger partial charge >= 0.3 is 25.0 Å². The van der Waals surface area contributed by atoms with E-state index >= 15 is 0 Å². The van der Waals surface area contributed by atoms with Gasteiger partial charge in [0.05, 0.1) is 81.9 Å². The zero-order valence-electron chi connectivity index (χ0n) is 51.7. The van der Waals surface area contributed by atoms with Crippen LogP contribution >= 0.6 is 50.4 Å². The van der Waals surface area contributed by atoms with Gasteiger partial charge in [-0.1, -0.05) is 151 Å². The van der Waals surface area contributed by atoms with Crippen molar-refractivity contribution in [2.45, 2.75) is 18.1 Å². The number of anilines is 2. The molecule has 0 spiro atoms. The van der Waals surface area contributed by atoms with Crippen molar-refractivity contribution >= 4 is 96.9 Å². The zero-order valence-corrected chi connectivity index (χ0v) is 55.7. The van der Waals surface area contributed by atoms with Crippen LogP contribution < -0.4 is 20.6 Å². The Bertz CT molecular complexity index is 3950. The predicted octanol–water partition coefficient (Wildman–Crippen LogP) is 11.2. The molecule has 492 valence electrons. The summed E-state index contributed by atoms with van der Waals surface area (Å²) in [7, 11) is 2.79. The van der Waals surface area contributed by atoms with Crippen LogP contribution in [0.1, 0.15) is 10.4 Å². The highest BCUT2D eigenvalue weighted by molar-refractivity contribution is 9.11. The minimum absolute atomic E-state index is 0.0720. The highest BCUT2D eigenvalue weighted by Crippen LogP contribution is 2.39. The Morgan fingerprint density at radius 3 is 1.46 bits per heavy atom. The number of Topliss-reactive ketones (excluding diaryl/α,β-unsaturated/α-hetero) is 1. The number of morpholine rings is 3. The molecule has 3 N–H and O–H groups in total. The molecular formula is C69H65BBrF3N6O12S3. The lowest BCUT2D eigenvalue weighted by Crippen LogP contribution is -2.50. The average Bonchev–Trinajstić information content (AvgIpc) is 1.70. The van der Waals surface area contributed by atoms with Crippen LogP contribution in [0.5, 0.6) is 0 Å². The first-order valence-electron chi connectivity index (χ1n) is 29.5. The monoisotopic (exact) mass is 1410 g/mol. The fourth-order valence-corrected chi connectivity index (χ4v) is 12.5. The highest BCUT2D eigenvalue weighted by atomic mass is 79.9. The minimum Gasteiger partial charge on any atom is -0.468 e. The number of aromatic nitrogens is 2. The zero-order chi connectivity index (χ0) is 67.6. The molecule has 0 bridgehead atoms. The maximum absolute atomic E-state index is 13.1. The van der Waals surface area contributed by atoms with Gasteiger partial charge in [0.25, 0.3) is 0 Å². The molecule has 3 saturated heterocycles. The Morgan fingerprint density at radius 2 is 1.03 bits per heavy atom. The van der Waals surface area contributed by atoms with Crippen molar-refractivity contribution in [2.24, 2.45) is 0 Å². The van der Waals surface area contributed by atoms with E-state index in [4.69, 9.17) is 49.0 Å². The highest BCUT2D eigenvalue weighted by Gasteiger charge is 2.34. The molecule has 0 saturated carbocycles. The molecule has 95 heavy (non-hydrogen) atoms. The average molecular weight is 1410 g/mol. The number of ether oxygens (including phenoxy) is 6. The van der Waals surface area contributed by atoms with Gasteiger partial charge < -0.3 is 53.6 Å². The first-order chi connectivity index (χ1) is 46.1. The molecule has 18 nitrogen and oxygen atoms in total. The summed E-state index contributed by atoms with van der Waals surface area (Å²) in [6.45, 7) is 4.65. The quantitative estimate of drug-likeness (QED) is 0.0302. The minimum atomic E-state index is -1.34. The van der Waals surface area contributed by atoms with Gasteiger partial charge in [-0.2, -0.15) is 5.26 Å². The van der Waals surface area contributed by atoms with E-state index in [0.717, 1.165) is 88.3 Å². The Balaban J connectivity index is 0.000000162. The standard InChI is InChI=1S/C21H18BrFN2O3S.C21H19FN2O3S.C15H10FNOS.C6H7BO2.C6H11NO3/c1-27-20(26)17-12-28-11-10-25(17)21-24-18(19(22)29-21)15-4-2-13(3-5-15)14-6-8-16(23)9-7-14;1-26-20(25)19-12-27-11-10-24(19)21-23-18(13-28-21)16-4-2-14(3-5-16)15-6-8-17(22)9-7-15;16-14-7-5-12(6-8-14)11-1-3-13(4-2-11)15(18)9-19-10-17;8-7(9)6-4-2-1-3-5-6;1-9-6(8)5-4-10-3-2-7-5/h2-9,17H,10-12H2,1H3;2-9,13,19H,10-12H2,1H3;1-8H,9H2;1-5,8-9H;5,7H,2-4H2,1H3. The molecule has 0 radical (unpaired) electrons. The summed E-state index contributed by atoms with van der Waals surface area (Å²) >= 11 is 7.50. The molecule has 3 aliphatic rings. The normalized spacial score (nSPS) is 15.6. The van der Waals surface area contributed by atoms with E-state index in [1.165, 1.54) is 80.4 Å². The first kappa shape index (κ1) is 72.2. The number of nitrogens with zero attached hydrogens (tertiary/aromatic N) is 5. The Hall–Kier alpha value is -8.59. The number of thiocyanates is 1. The van der Waals surface area contributed by atoms with Gasteiger partial charge in [-0.25, -0.2) is 32.7 Å². The predicted molar refractivity (Wildman–Crippen MR) is 367 cm³/mol. The summed E-state index contributed by atoms with van der Waals surface area (Å²) in [5, 5.41) is 33.9. The summed E-state index contributed by atoms with van der Waals surface area (Å²) in [4.78, 5) is 60.0. The number of carbonyl (C=O) groups is 4. The Morgan fingerprint density at radius 1 is 0.600 bits per heavy atom. The molecule has 0 aliphatic carbocycles. The lowest BCUT2D eigenvalue weighted by Gasteiger charge is -2.33. The molecule has 2 aromatic heterocycles. The van der Waals surface area contributed by atoms with E-state index in [1.54, 1.807) is 72.8 Å². The van der Waals surface area contributed by atoms with Crippen molar-refractivity contribution in [3.8, 4) is 61.3 Å². The second-order valence-electron chi connectivity index (χ2n) is 20.7. The van der Waals surface area contributed by atoms with Crippen LogP contribution in [0.15, 0.2) is 185 Å². The number of benzene rings is 7. The van der Waals surface area contributed by atoms with E-state index < -0.39 is 19.2 Å². The van der Waals surface area contributed by atoms with Gasteiger partial charge in [0.2, 0.25) is 0 Å². The number of thiazole rings is 2. The number of hydrogen-bond acceptors (Lipinski definition) is 21. The fourth-order valence-electron chi connectivity index (χ4n) is 9.54. The van der Waals surface area contributed by atoms with Gasteiger partial charge in [-0.05, 0) is 103 Å². The molecule has 12 rings (SSSR count). The molecule has 5 heterocycles. The Kier molecular flexibility index (Phi) is 28.1. The van der Waals surface area contributed by atoms with Crippen LogP contribution in [0, 0.1) is 28.1 Å². The van der Waals surface area contributed by atoms with Crippen LogP contribution in [0.2, 0.25) is 0 Å². The molecule has 3 fully saturated rings. The summed E-state index contributed by atoms with van der Waals surface area (Å²) in [6.07, 6.45) is 0. The summed E-state index contributed by atoms with van der Waals surface area (Å²) in [6, 6.07) is 49.4. The van der Waals surface area contributed by atoms with E-state index in [2.05, 4.69) is 26.0 Å². The van der Waals surface area contributed by atoms with Crippen LogP contribution in [-0.2, 0) is 42.8 Å². The Labute approximate surface area is 568 Å². The second kappa shape index (κ2) is 36.9. The number of halogens is 4. The van der Waals surface area contributed by atoms with Crippen LogP contribution in [0.4, 0.5) is 23.4 Å². The van der Waals surface area contributed by atoms with Crippen molar-refractivity contribution in [1.29, 1.82) is 5.26 Å². The molecule has 7 aromatic carbocycles. The third-order valence-electron chi connectivity index (χ3n) is 14.6. The third kappa shape index (κ3) is 21.0. The van der Waals surface area contributed by atoms with Gasteiger partial charge in [0.15, 0.2) is 28.1 Å². The van der Waals surface area contributed by atoms with E-state index in [0.29, 0.717) is 57.2 Å². The lowest BCUT2D eigenvalue weighted by atomic mass is 9.81. The summed E-state index contributed by atoms with van der Waals surface area (Å²) in [5.74, 6) is -1.59. The molecule has 9 aromatic rings. The van der Waals surface area contributed by atoms with Gasteiger partial charge in [0.1, 0.15) is 28.9 Å². The van der Waals surface area contributed by atoms with Crippen molar-refractivity contribution in [1.82, 2.24) is 15.3 Å². The number of nitriles is 1. The van der Waals surface area contributed by atoms with E-state index in [9.17, 15) is 32.3 Å². The molecular weight excluding hydrogens is 1350 g/mol. The molecule has 26 heteroatoms. The molecule has 0 amide bonds. The smallest absolute Gasteiger partial charge is 0.468 e. The lowest BCUT2D eigenvalue weighted by molar-refractivity contribution is -0.146. The molecule has 3 atom stereocenters. The number of esters is 3. The maximum atomic E-state index is 13.1. The van der Waals surface area contributed by atoms with Crippen molar-refractivity contribution in [2.75, 3.05) is 96.2 Å². The largest absolute Gasteiger partial charge is 0.488 e. The van der Waals surface area contributed by atoms with Crippen LogP contribution in [-0.4, -0.2) is 155 Å². The third-order valence-corrected chi connectivity index (χ3v) is 17.8. The van der Waals surface area contributed by atoms with Crippen molar-refractivity contribution < 1.29 is 70.8 Å². The number of thioether (sulfide) groups is 1. The number of carbonyl (C=O) groups excluding carboxylic acids is 4. The number of methoxy groups -OCH3 is 3. The fraction of sp³-hybridized carbons (Fsp3) is 0.232. The number of hydrogen-bond donors (Lipinski definition) is 3. The van der Waals surface area contributed by atoms with Gasteiger partial charge in [0, 0.05) is 41.7 Å². The summed E-state index contributed by atoms with van der Waals surface area (Å²) < 4.78 is 70.1. The number of ketones is 1. The van der Waals surface area contributed by atoms with Crippen molar-refractivity contribution in [3.05, 3.63) is 208 Å². The van der Waals surface area contributed by atoms with Crippen LogP contribution in [0.25, 0.3) is 55.9 Å². The topological polar surface area (TPSA) is 232 Å². The number of nitrogens with one attached hydrogen (secondary N) is 1.